The van der Waals surface area contributed by atoms with Crippen LogP contribution in [0.2, 0.25) is 0 Å². The lowest BCUT2D eigenvalue weighted by molar-refractivity contribution is -0.118. The van der Waals surface area contributed by atoms with Crippen molar-refractivity contribution in [2.75, 3.05) is 11.9 Å². The molecule has 1 N–H and O–H groups in total. The van der Waals surface area contributed by atoms with E-state index in [1.807, 2.05) is 41.9 Å². The van der Waals surface area contributed by atoms with Crippen LogP contribution in [0.1, 0.15) is 50.2 Å². The molecule has 172 valence electrons. The van der Waals surface area contributed by atoms with E-state index >= 15 is 0 Å². The van der Waals surface area contributed by atoms with Gasteiger partial charge < -0.3 is 10.1 Å². The minimum Gasteiger partial charge on any atom is -0.482 e. The monoisotopic (exact) mass is 471 g/mol. The summed E-state index contributed by atoms with van der Waals surface area (Å²) in [5.74, 6) is 0.500. The first kappa shape index (κ1) is 22.1. The first-order valence-electron chi connectivity index (χ1n) is 11.5. The molecule has 0 bridgehead atoms. The first-order chi connectivity index (χ1) is 16.6. The quantitative estimate of drug-likeness (QED) is 0.547. The molecule has 2 aliphatic rings. The zero-order valence-electron chi connectivity index (χ0n) is 19.0. The van der Waals surface area contributed by atoms with Crippen LogP contribution < -0.4 is 14.9 Å². The molecule has 1 aliphatic carbocycles. The largest absolute Gasteiger partial charge is 0.482 e. The van der Waals surface area contributed by atoms with Crippen molar-refractivity contribution in [2.45, 2.75) is 45.1 Å². The van der Waals surface area contributed by atoms with Gasteiger partial charge in [0.1, 0.15) is 5.75 Å². The molecule has 8 heteroatoms. The van der Waals surface area contributed by atoms with E-state index < -0.39 is 0 Å². The van der Waals surface area contributed by atoms with E-state index in [9.17, 15) is 4.79 Å². The van der Waals surface area contributed by atoms with Crippen molar-refractivity contribution in [1.82, 2.24) is 4.68 Å². The standard InChI is InChI=1S/C26H25N5O2S/c1-17(19-9-7-18(14-27)8-10-19)30-31-23(16-34-26(31)28-21-5-3-2-4-6-21)20-11-12-24-22(13-20)29-25(32)15-33-24/h7-13,16,21H,2-6,15H2,1H3,(H,29,32). The average molecular weight is 472 g/mol. The van der Waals surface area contributed by atoms with Gasteiger partial charge in [-0.2, -0.15) is 10.4 Å². The summed E-state index contributed by atoms with van der Waals surface area (Å²) in [5, 5.41) is 19.0. The number of hydrogen-bond acceptors (Lipinski definition) is 6. The van der Waals surface area contributed by atoms with E-state index in [-0.39, 0.29) is 12.5 Å². The van der Waals surface area contributed by atoms with Crippen LogP contribution in [0.25, 0.3) is 11.3 Å². The smallest absolute Gasteiger partial charge is 0.262 e. The van der Waals surface area contributed by atoms with Crippen molar-refractivity contribution in [3.05, 3.63) is 63.8 Å². The van der Waals surface area contributed by atoms with E-state index in [2.05, 4.69) is 16.8 Å². The predicted octanol–water partition coefficient (Wildman–Crippen LogP) is 4.92. The molecule has 0 unspecified atom stereocenters. The molecule has 1 aromatic heterocycles. The number of fused-ring (bicyclic) bond motifs is 1. The van der Waals surface area contributed by atoms with Gasteiger partial charge in [-0.3, -0.25) is 9.79 Å². The topological polar surface area (TPSA) is 91.8 Å². The molecule has 1 fully saturated rings. The maximum absolute atomic E-state index is 11.8. The average Bonchev–Trinajstić information content (AvgIpc) is 3.26. The zero-order chi connectivity index (χ0) is 23.5. The lowest BCUT2D eigenvalue weighted by Crippen LogP contribution is -2.25. The number of hydrogen-bond donors (Lipinski definition) is 1. The number of benzene rings is 2. The molecule has 2 heterocycles. The van der Waals surface area contributed by atoms with E-state index in [1.54, 1.807) is 23.5 Å². The van der Waals surface area contributed by atoms with Crippen molar-refractivity contribution >= 4 is 28.6 Å². The number of amides is 1. The first-order valence-corrected chi connectivity index (χ1v) is 12.4. The highest BCUT2D eigenvalue weighted by molar-refractivity contribution is 7.07. The molecule has 0 atom stereocenters. The molecular formula is C26H25N5O2S. The number of carbonyl (C=O) groups is 1. The van der Waals surface area contributed by atoms with Gasteiger partial charge in [-0.15, -0.1) is 11.3 Å². The van der Waals surface area contributed by atoms with Crippen LogP contribution in [0.4, 0.5) is 5.69 Å². The molecule has 1 saturated carbocycles. The van der Waals surface area contributed by atoms with Crippen LogP contribution in [0.15, 0.2) is 57.9 Å². The Hall–Kier alpha value is -3.70. The Kier molecular flexibility index (Phi) is 6.28. The number of rotatable bonds is 4. The third-order valence-corrected chi connectivity index (χ3v) is 6.97. The second kappa shape index (κ2) is 9.65. The van der Waals surface area contributed by atoms with Crippen molar-refractivity contribution < 1.29 is 9.53 Å². The third kappa shape index (κ3) is 4.66. The van der Waals surface area contributed by atoms with E-state index in [0.717, 1.165) is 40.2 Å². The van der Waals surface area contributed by atoms with Gasteiger partial charge in [0, 0.05) is 10.9 Å². The minimum absolute atomic E-state index is 0.0310. The summed E-state index contributed by atoms with van der Waals surface area (Å²) >= 11 is 1.57. The van der Waals surface area contributed by atoms with Gasteiger partial charge in [0.05, 0.1) is 34.8 Å². The number of anilines is 1. The summed E-state index contributed by atoms with van der Waals surface area (Å²) in [5.41, 5.74) is 4.86. The molecule has 7 nitrogen and oxygen atoms in total. The lowest BCUT2D eigenvalue weighted by Gasteiger charge is -2.19. The van der Waals surface area contributed by atoms with Gasteiger partial charge in [0.2, 0.25) is 4.80 Å². The van der Waals surface area contributed by atoms with Crippen LogP contribution in [-0.2, 0) is 4.79 Å². The Bertz CT molecular complexity index is 1360. The minimum atomic E-state index is -0.162. The summed E-state index contributed by atoms with van der Waals surface area (Å²) in [6.45, 7) is 1.99. The number of nitrogens with one attached hydrogen (secondary N) is 1. The summed E-state index contributed by atoms with van der Waals surface area (Å²) in [6, 6.07) is 15.7. The van der Waals surface area contributed by atoms with Crippen molar-refractivity contribution in [1.29, 1.82) is 5.26 Å². The van der Waals surface area contributed by atoms with Crippen LogP contribution >= 0.6 is 11.3 Å². The van der Waals surface area contributed by atoms with Crippen LogP contribution in [-0.4, -0.2) is 28.9 Å². The molecule has 0 radical (unpaired) electrons. The molecule has 5 rings (SSSR count). The fourth-order valence-corrected chi connectivity index (χ4v) is 5.19. The summed E-state index contributed by atoms with van der Waals surface area (Å²) < 4.78 is 7.42. The van der Waals surface area contributed by atoms with Gasteiger partial charge in [-0.1, -0.05) is 31.4 Å². The second-order valence-corrected chi connectivity index (χ2v) is 9.40. The number of ether oxygens (including phenoxy) is 1. The summed E-state index contributed by atoms with van der Waals surface area (Å²) in [7, 11) is 0. The fourth-order valence-electron chi connectivity index (χ4n) is 4.29. The Morgan fingerprint density at radius 3 is 2.74 bits per heavy atom. The Morgan fingerprint density at radius 2 is 1.97 bits per heavy atom. The third-order valence-electron chi connectivity index (χ3n) is 6.14. The van der Waals surface area contributed by atoms with Crippen molar-refractivity contribution in [3.8, 4) is 23.1 Å². The lowest BCUT2D eigenvalue weighted by atomic mass is 9.96. The molecule has 2 aromatic carbocycles. The molecule has 0 saturated heterocycles. The second-order valence-electron chi connectivity index (χ2n) is 8.56. The maximum atomic E-state index is 11.8. The van der Waals surface area contributed by atoms with Crippen LogP contribution in [0.3, 0.4) is 0 Å². The highest BCUT2D eigenvalue weighted by Crippen LogP contribution is 2.33. The van der Waals surface area contributed by atoms with Gasteiger partial charge in [0.15, 0.2) is 6.61 Å². The SMILES string of the molecule is CC(=Nn1c(-c2ccc3c(c2)NC(=O)CO3)csc1=NC1CCCCC1)c1ccc(C#N)cc1. The van der Waals surface area contributed by atoms with E-state index in [1.165, 1.54) is 19.3 Å². The number of thiazole rings is 1. The Balaban J connectivity index is 1.60. The highest BCUT2D eigenvalue weighted by atomic mass is 32.1. The van der Waals surface area contributed by atoms with Crippen LogP contribution in [0, 0.1) is 11.3 Å². The fraction of sp³-hybridized carbons (Fsp3) is 0.308. The number of carbonyl (C=O) groups excluding carboxylic acids is 1. The maximum Gasteiger partial charge on any atom is 0.262 e. The Labute approximate surface area is 202 Å². The van der Waals surface area contributed by atoms with Gasteiger partial charge in [0.25, 0.3) is 5.91 Å². The van der Waals surface area contributed by atoms with Crippen molar-refractivity contribution in [2.24, 2.45) is 10.1 Å². The van der Waals surface area contributed by atoms with Crippen molar-refractivity contribution in [3.63, 3.8) is 0 Å². The van der Waals surface area contributed by atoms with E-state index in [4.69, 9.17) is 20.1 Å². The molecular weight excluding hydrogens is 446 g/mol. The Morgan fingerprint density at radius 1 is 1.18 bits per heavy atom. The molecule has 0 spiro atoms. The normalized spacial score (nSPS) is 17.0. The number of aromatic nitrogens is 1. The van der Waals surface area contributed by atoms with E-state index in [0.29, 0.717) is 23.0 Å². The molecule has 34 heavy (non-hydrogen) atoms. The highest BCUT2D eigenvalue weighted by Gasteiger charge is 2.19. The zero-order valence-corrected chi connectivity index (χ0v) is 19.8. The van der Waals surface area contributed by atoms with Gasteiger partial charge in [-0.05, 0) is 55.7 Å². The number of nitriles is 1. The molecule has 1 amide bonds. The molecule has 1 aliphatic heterocycles. The van der Waals surface area contributed by atoms with Gasteiger partial charge in [-0.25, -0.2) is 4.68 Å². The molecule has 3 aromatic rings. The predicted molar refractivity (Wildman–Crippen MR) is 133 cm³/mol. The van der Waals surface area contributed by atoms with Crippen LogP contribution in [0.5, 0.6) is 5.75 Å². The number of nitrogens with zero attached hydrogens (tertiary/aromatic N) is 4. The summed E-state index contributed by atoms with van der Waals surface area (Å²) in [4.78, 5) is 17.7. The van der Waals surface area contributed by atoms with Gasteiger partial charge >= 0.3 is 0 Å². The summed E-state index contributed by atoms with van der Waals surface area (Å²) in [6.07, 6.45) is 5.91.